The van der Waals surface area contributed by atoms with E-state index in [1.165, 1.54) is 131 Å². The molecule has 0 amide bonds. The lowest BCUT2D eigenvalue weighted by Gasteiger charge is -2.37. The molecule has 65 heavy (non-hydrogen) atoms. The van der Waals surface area contributed by atoms with E-state index in [0.717, 1.165) is 39.0 Å². The van der Waals surface area contributed by atoms with Gasteiger partial charge < -0.3 is 9.32 Å². The number of benzene rings is 8. The predicted molar refractivity (Wildman–Crippen MR) is 271 cm³/mol. The molecule has 1 heterocycles. The third-order valence-corrected chi connectivity index (χ3v) is 16.6. The van der Waals surface area contributed by atoms with E-state index >= 15 is 0 Å². The monoisotopic (exact) mass is 841 g/mol. The molecule has 2 nitrogen and oxygen atoms in total. The van der Waals surface area contributed by atoms with Crippen molar-refractivity contribution in [2.45, 2.75) is 94.3 Å². The topological polar surface area (TPSA) is 16.4 Å². The van der Waals surface area contributed by atoms with Gasteiger partial charge in [-0.25, -0.2) is 0 Å². The smallest absolute Gasteiger partial charge is 0.137 e. The zero-order chi connectivity index (χ0) is 43.3. The van der Waals surface area contributed by atoms with Crippen LogP contribution in [0.2, 0.25) is 0 Å². The third-order valence-electron chi connectivity index (χ3n) is 16.6. The summed E-state index contributed by atoms with van der Waals surface area (Å²) in [5.41, 5.74) is 21.5. The molecule has 318 valence electrons. The van der Waals surface area contributed by atoms with E-state index in [0.29, 0.717) is 0 Å². The summed E-state index contributed by atoms with van der Waals surface area (Å²) in [6, 6.07) is 67.1. The van der Waals surface area contributed by atoms with Crippen LogP contribution in [0.4, 0.5) is 17.1 Å². The maximum Gasteiger partial charge on any atom is 0.137 e. The van der Waals surface area contributed by atoms with Crippen molar-refractivity contribution in [1.82, 2.24) is 0 Å². The molecule has 2 saturated carbocycles. The van der Waals surface area contributed by atoms with E-state index in [9.17, 15) is 0 Å². The van der Waals surface area contributed by atoms with E-state index in [1.54, 1.807) is 0 Å². The van der Waals surface area contributed by atoms with Crippen molar-refractivity contribution in [2.24, 2.45) is 0 Å². The molecule has 0 radical (unpaired) electrons. The maximum absolute atomic E-state index is 6.61. The summed E-state index contributed by atoms with van der Waals surface area (Å²) in [7, 11) is 0. The first-order valence-corrected chi connectivity index (χ1v) is 24.3. The molecular formula is C63H55NO. The van der Waals surface area contributed by atoms with Crippen LogP contribution in [0.5, 0.6) is 0 Å². The fourth-order valence-corrected chi connectivity index (χ4v) is 13.1. The van der Waals surface area contributed by atoms with Gasteiger partial charge in [-0.1, -0.05) is 186 Å². The van der Waals surface area contributed by atoms with Crippen LogP contribution in [0.25, 0.3) is 55.3 Å². The third kappa shape index (κ3) is 5.78. The lowest BCUT2D eigenvalue weighted by molar-refractivity contribution is 0.319. The van der Waals surface area contributed by atoms with Crippen molar-refractivity contribution in [2.75, 3.05) is 4.90 Å². The number of anilines is 3. The van der Waals surface area contributed by atoms with Gasteiger partial charge in [0.15, 0.2) is 0 Å². The molecule has 0 N–H and O–H groups in total. The molecule has 0 bridgehead atoms. The molecule has 0 aliphatic heterocycles. The van der Waals surface area contributed by atoms with Gasteiger partial charge in [-0.15, -0.1) is 0 Å². The molecule has 13 rings (SSSR count). The molecule has 2 fully saturated rings. The fraction of sp³-hybridized carbons (Fsp3) is 0.238. The van der Waals surface area contributed by atoms with Crippen molar-refractivity contribution in [3.63, 3.8) is 0 Å². The standard InChI is InChI=1S/C63H55NO/c1-61(34-14-4-15-35-61)43-26-30-49-50-31-27-44(62(2)36-16-5-17-37-62)39-56(50)63(55(49)38-43)54-23-11-8-21-48(54)51-32-28-45(40-57(51)63)64(58-24-12-9-20-47(58)42-18-6-3-7-19-42)46-29-33-53-52-22-10-13-25-59(52)65-60(53)41-46/h3,6-13,18-33,38-41H,4-5,14-17,34-37H2,1-2H3. The molecule has 4 aliphatic rings. The molecule has 8 aromatic carbocycles. The Bertz CT molecular complexity index is 3250. The van der Waals surface area contributed by atoms with Gasteiger partial charge in [0.1, 0.15) is 11.2 Å². The second kappa shape index (κ2) is 14.7. The molecule has 9 aromatic rings. The lowest BCUT2D eigenvalue weighted by atomic mass is 9.66. The minimum absolute atomic E-state index is 0.167. The van der Waals surface area contributed by atoms with Gasteiger partial charge in [-0.2, -0.15) is 0 Å². The zero-order valence-corrected chi connectivity index (χ0v) is 37.7. The zero-order valence-electron chi connectivity index (χ0n) is 37.7. The molecule has 1 aromatic heterocycles. The normalized spacial score (nSPS) is 17.4. The van der Waals surface area contributed by atoms with Crippen LogP contribution >= 0.6 is 0 Å². The molecule has 0 unspecified atom stereocenters. The minimum Gasteiger partial charge on any atom is -0.456 e. The number of hydrogen-bond acceptors (Lipinski definition) is 2. The first-order chi connectivity index (χ1) is 31.9. The van der Waals surface area contributed by atoms with Crippen molar-refractivity contribution in [3.8, 4) is 33.4 Å². The van der Waals surface area contributed by atoms with Gasteiger partial charge in [0, 0.05) is 33.8 Å². The fourth-order valence-electron chi connectivity index (χ4n) is 13.1. The summed E-state index contributed by atoms with van der Waals surface area (Å²) >= 11 is 0. The second-order valence-corrected chi connectivity index (χ2v) is 20.3. The van der Waals surface area contributed by atoms with Crippen LogP contribution in [0.3, 0.4) is 0 Å². The average molecular weight is 842 g/mol. The quantitative estimate of drug-likeness (QED) is 0.166. The molecule has 0 saturated heterocycles. The Kier molecular flexibility index (Phi) is 8.77. The number of hydrogen-bond donors (Lipinski definition) is 0. The van der Waals surface area contributed by atoms with Gasteiger partial charge in [-0.05, 0) is 134 Å². The molecule has 0 atom stereocenters. The number of para-hydroxylation sites is 2. The summed E-state index contributed by atoms with van der Waals surface area (Å²) in [6.07, 6.45) is 12.9. The van der Waals surface area contributed by atoms with Crippen LogP contribution in [0.15, 0.2) is 180 Å². The summed E-state index contributed by atoms with van der Waals surface area (Å²) in [4.78, 5) is 2.49. The second-order valence-electron chi connectivity index (χ2n) is 20.3. The molecule has 4 aliphatic carbocycles. The lowest BCUT2D eigenvalue weighted by Crippen LogP contribution is -2.30. The largest absolute Gasteiger partial charge is 0.456 e. The molecular weight excluding hydrogens is 787 g/mol. The van der Waals surface area contributed by atoms with E-state index in [4.69, 9.17) is 4.42 Å². The molecule has 1 spiro atoms. The molecule has 2 heteroatoms. The number of rotatable bonds is 6. The van der Waals surface area contributed by atoms with E-state index < -0.39 is 5.41 Å². The van der Waals surface area contributed by atoms with Crippen LogP contribution in [-0.2, 0) is 16.2 Å². The van der Waals surface area contributed by atoms with E-state index in [-0.39, 0.29) is 10.8 Å². The highest BCUT2D eigenvalue weighted by Gasteiger charge is 2.53. The Morgan fingerprint density at radius 2 is 0.892 bits per heavy atom. The highest BCUT2D eigenvalue weighted by Crippen LogP contribution is 2.65. The van der Waals surface area contributed by atoms with Gasteiger partial charge >= 0.3 is 0 Å². The van der Waals surface area contributed by atoms with Crippen LogP contribution in [-0.4, -0.2) is 0 Å². The Morgan fingerprint density at radius 3 is 1.58 bits per heavy atom. The van der Waals surface area contributed by atoms with E-state index in [1.807, 2.05) is 0 Å². The Labute approximate surface area is 383 Å². The highest BCUT2D eigenvalue weighted by atomic mass is 16.3. The first-order valence-electron chi connectivity index (χ1n) is 24.3. The highest BCUT2D eigenvalue weighted by molar-refractivity contribution is 6.06. The number of nitrogens with zero attached hydrogens (tertiary/aromatic N) is 1. The number of furan rings is 1. The first kappa shape index (κ1) is 38.8. The maximum atomic E-state index is 6.61. The SMILES string of the molecule is CC1(c2ccc3c(c2)C2(c4ccccc4-c4ccc(N(c5ccc6c(c5)oc5ccccc56)c5ccccc5-c5ccccc5)cc42)c2cc(C4(C)CCCCC4)ccc2-3)CCCCC1. The van der Waals surface area contributed by atoms with Gasteiger partial charge in [0.05, 0.1) is 11.1 Å². The number of fused-ring (bicyclic) bond motifs is 13. The van der Waals surface area contributed by atoms with E-state index in [2.05, 4.69) is 195 Å². The Hall–Kier alpha value is -6.64. The summed E-state index contributed by atoms with van der Waals surface area (Å²) in [5.74, 6) is 0. The Morgan fingerprint density at radius 1 is 0.385 bits per heavy atom. The van der Waals surface area contributed by atoms with Gasteiger partial charge in [0.2, 0.25) is 0 Å². The van der Waals surface area contributed by atoms with Crippen LogP contribution < -0.4 is 4.90 Å². The van der Waals surface area contributed by atoms with Gasteiger partial charge in [-0.3, -0.25) is 0 Å². The Balaban J connectivity index is 1.09. The van der Waals surface area contributed by atoms with Crippen molar-refractivity contribution in [1.29, 1.82) is 0 Å². The average Bonchev–Trinajstić information content (AvgIpc) is 3.98. The summed E-state index contributed by atoms with van der Waals surface area (Å²) in [6.45, 7) is 5.08. The van der Waals surface area contributed by atoms with Crippen LogP contribution in [0, 0.1) is 0 Å². The van der Waals surface area contributed by atoms with Crippen molar-refractivity contribution >= 4 is 39.0 Å². The van der Waals surface area contributed by atoms with Crippen molar-refractivity contribution in [3.05, 3.63) is 209 Å². The van der Waals surface area contributed by atoms with Crippen molar-refractivity contribution < 1.29 is 4.42 Å². The summed E-state index contributed by atoms with van der Waals surface area (Å²) < 4.78 is 6.61. The van der Waals surface area contributed by atoms with Crippen LogP contribution in [0.1, 0.15) is 111 Å². The minimum atomic E-state index is -0.484. The predicted octanol–water partition coefficient (Wildman–Crippen LogP) is 17.5. The van der Waals surface area contributed by atoms with Gasteiger partial charge in [0.25, 0.3) is 0 Å². The summed E-state index contributed by atoms with van der Waals surface area (Å²) in [5, 5.41) is 2.28.